The quantitative estimate of drug-likeness (QED) is 0.129. The Morgan fingerprint density at radius 2 is 0.934 bits per heavy atom. The summed E-state index contributed by atoms with van der Waals surface area (Å²) in [4.78, 5) is 55.4. The van der Waals surface area contributed by atoms with E-state index in [4.69, 9.17) is 65.4 Å². The minimum atomic E-state index is -0.635. The molecule has 4 aromatic carbocycles. The number of halogens is 4. The largest absolute Gasteiger partial charge is 0.464 e. The van der Waals surface area contributed by atoms with E-state index < -0.39 is 36.4 Å². The summed E-state index contributed by atoms with van der Waals surface area (Å²) in [6.07, 6.45) is 2.62. The summed E-state index contributed by atoms with van der Waals surface area (Å²) in [7, 11) is 0. The molecule has 4 aliphatic rings. The highest BCUT2D eigenvalue weighted by Gasteiger charge is 2.52. The third-order valence-electron chi connectivity index (χ3n) is 11.1. The van der Waals surface area contributed by atoms with Crippen LogP contribution in [-0.4, -0.2) is 72.1 Å². The van der Waals surface area contributed by atoms with Crippen molar-refractivity contribution >= 4 is 70.2 Å². The number of nitrogens with zero attached hydrogens (tertiary/aromatic N) is 2. The van der Waals surface area contributed by atoms with Crippen molar-refractivity contribution in [1.82, 2.24) is 9.80 Å². The van der Waals surface area contributed by atoms with Crippen molar-refractivity contribution in [3.05, 3.63) is 139 Å². The van der Waals surface area contributed by atoms with Crippen molar-refractivity contribution in [1.29, 1.82) is 0 Å². The van der Waals surface area contributed by atoms with E-state index in [9.17, 15) is 19.2 Å². The number of benzene rings is 4. The zero-order valence-corrected chi connectivity index (χ0v) is 36.2. The maximum atomic E-state index is 13.1. The molecule has 2 saturated carbocycles. The third kappa shape index (κ3) is 10.9. The van der Waals surface area contributed by atoms with Crippen molar-refractivity contribution in [2.45, 2.75) is 83.3 Å². The van der Waals surface area contributed by atoms with Crippen LogP contribution in [0.1, 0.15) is 93.5 Å². The number of amides is 2. The fraction of sp³-hybridized carbons (Fsp3) is 0.404. The molecule has 0 spiro atoms. The molecule has 324 valence electrons. The minimum absolute atomic E-state index is 0. The second-order valence-corrected chi connectivity index (χ2v) is 17.0. The lowest BCUT2D eigenvalue weighted by Crippen LogP contribution is -2.54. The number of carbonyl (C=O) groups excluding carboxylic acids is 4. The molecule has 0 bridgehead atoms. The van der Waals surface area contributed by atoms with E-state index in [0.29, 0.717) is 20.1 Å². The van der Waals surface area contributed by atoms with Crippen LogP contribution in [0.3, 0.4) is 0 Å². The summed E-state index contributed by atoms with van der Waals surface area (Å²) in [6, 6.07) is 27.1. The van der Waals surface area contributed by atoms with Crippen molar-refractivity contribution in [3.8, 4) is 0 Å². The van der Waals surface area contributed by atoms with Gasteiger partial charge >= 0.3 is 11.9 Å². The second kappa shape index (κ2) is 20.8. The van der Waals surface area contributed by atoms with Crippen LogP contribution in [0.4, 0.5) is 0 Å². The Morgan fingerprint density at radius 3 is 1.25 bits per heavy atom. The lowest BCUT2D eigenvalue weighted by atomic mass is 9.90. The first kappa shape index (κ1) is 46.3. The van der Waals surface area contributed by atoms with Crippen molar-refractivity contribution in [2.24, 2.45) is 11.8 Å². The Bertz CT molecular complexity index is 2010. The Hall–Kier alpha value is -4.16. The smallest absolute Gasteiger partial charge is 0.329 e. The van der Waals surface area contributed by atoms with E-state index in [2.05, 4.69) is 0 Å². The SMILES string of the molecule is C.CCOC(=O)[C@@H](C1CC1)N1C(=O)COC(c2cccc(Cl)c2)C1c1ccc(Cl)cc1.CCOC(=O)[C@H](C1CC1)N1C(=O)COC(c2cccc(Cl)c2)C1c1ccc(Cl)cc1. The van der Waals surface area contributed by atoms with Gasteiger partial charge in [0.1, 0.15) is 37.5 Å². The summed E-state index contributed by atoms with van der Waals surface area (Å²) in [5.74, 6) is -0.976. The molecule has 10 nitrogen and oxygen atoms in total. The molecule has 2 heterocycles. The van der Waals surface area contributed by atoms with E-state index in [1.54, 1.807) is 60.0 Å². The Morgan fingerprint density at radius 1 is 0.574 bits per heavy atom. The molecule has 14 heteroatoms. The molecule has 4 aromatic rings. The van der Waals surface area contributed by atoms with Gasteiger partial charge in [0.15, 0.2) is 0 Å². The van der Waals surface area contributed by atoms with E-state index in [1.165, 1.54) is 0 Å². The molecule has 0 N–H and O–H groups in total. The monoisotopic (exact) mass is 910 g/mol. The van der Waals surface area contributed by atoms with E-state index >= 15 is 0 Å². The van der Waals surface area contributed by atoms with E-state index in [0.717, 1.165) is 47.9 Å². The molecule has 0 aromatic heterocycles. The average molecular weight is 913 g/mol. The Kier molecular flexibility index (Phi) is 15.8. The maximum absolute atomic E-state index is 13.1. The zero-order valence-electron chi connectivity index (χ0n) is 33.2. The highest BCUT2D eigenvalue weighted by molar-refractivity contribution is 6.31. The normalized spacial score (nSPS) is 22.3. The van der Waals surface area contributed by atoms with Gasteiger partial charge in [-0.1, -0.05) is 102 Å². The average Bonchev–Trinajstić information content (AvgIpc) is 4.18. The van der Waals surface area contributed by atoms with Crippen LogP contribution in [0.25, 0.3) is 0 Å². The number of esters is 2. The first-order valence-electron chi connectivity index (χ1n) is 20.2. The summed E-state index contributed by atoms with van der Waals surface area (Å²) >= 11 is 24.7. The van der Waals surface area contributed by atoms with Gasteiger partial charge in [0, 0.05) is 20.1 Å². The van der Waals surface area contributed by atoms with Crippen molar-refractivity contribution in [3.63, 3.8) is 0 Å². The summed E-state index contributed by atoms with van der Waals surface area (Å²) < 4.78 is 22.7. The van der Waals surface area contributed by atoms with Crippen LogP contribution in [0.2, 0.25) is 20.1 Å². The van der Waals surface area contributed by atoms with Gasteiger partial charge in [-0.25, -0.2) is 9.59 Å². The first-order chi connectivity index (χ1) is 29.0. The number of ether oxygens (including phenoxy) is 4. The molecule has 2 amide bonds. The standard InChI is InChI=1S/2C23H23Cl2NO4.CH4/c2*1-2-29-23(28)21(15-6-7-15)26-19(27)13-30-22(16-4-3-5-18(25)12-16)20(26)14-8-10-17(24)11-9-14;/h2*3-5,8-12,15,20-22H,2,6-7,13H2,1H3;1H4/t2*20?,21-,22?;/m10./s1. The van der Waals surface area contributed by atoms with Gasteiger partial charge in [-0.05, 0) is 122 Å². The van der Waals surface area contributed by atoms with Gasteiger partial charge < -0.3 is 28.7 Å². The molecule has 6 atom stereocenters. The summed E-state index contributed by atoms with van der Waals surface area (Å²) in [5, 5.41) is 2.35. The van der Waals surface area contributed by atoms with Gasteiger partial charge in [0.05, 0.1) is 25.3 Å². The fourth-order valence-corrected chi connectivity index (χ4v) is 8.82. The molecular formula is C47H50Cl4N2O8. The molecule has 2 aliphatic carbocycles. The minimum Gasteiger partial charge on any atom is -0.464 e. The van der Waals surface area contributed by atoms with Gasteiger partial charge in [-0.3, -0.25) is 9.59 Å². The Balaban J connectivity index is 0.000000201. The second-order valence-electron chi connectivity index (χ2n) is 15.2. The lowest BCUT2D eigenvalue weighted by molar-refractivity contribution is -0.174. The number of rotatable bonds is 12. The number of carbonyl (C=O) groups is 4. The van der Waals surface area contributed by atoms with Crippen LogP contribution >= 0.6 is 46.4 Å². The fourth-order valence-electron chi connectivity index (χ4n) is 8.17. The van der Waals surface area contributed by atoms with Gasteiger partial charge in [0.2, 0.25) is 11.8 Å². The van der Waals surface area contributed by atoms with Crippen LogP contribution in [0.5, 0.6) is 0 Å². The zero-order chi connectivity index (χ0) is 42.5. The molecule has 8 rings (SSSR count). The number of hydrogen-bond acceptors (Lipinski definition) is 8. The molecule has 4 fully saturated rings. The molecule has 2 aliphatic heterocycles. The van der Waals surface area contributed by atoms with Gasteiger partial charge in [-0.15, -0.1) is 0 Å². The van der Waals surface area contributed by atoms with Gasteiger partial charge in [-0.2, -0.15) is 0 Å². The first-order valence-corrected chi connectivity index (χ1v) is 21.7. The van der Waals surface area contributed by atoms with Crippen LogP contribution in [0, 0.1) is 11.8 Å². The molecule has 61 heavy (non-hydrogen) atoms. The molecule has 2 saturated heterocycles. The third-order valence-corrected chi connectivity index (χ3v) is 12.1. The highest BCUT2D eigenvalue weighted by atomic mass is 35.5. The number of morpholine rings is 2. The summed E-state index contributed by atoms with van der Waals surface area (Å²) in [6.45, 7) is 3.87. The lowest BCUT2D eigenvalue weighted by Gasteiger charge is -2.44. The van der Waals surface area contributed by atoms with Crippen LogP contribution < -0.4 is 0 Å². The number of hydrogen-bond donors (Lipinski definition) is 0. The predicted octanol–water partition coefficient (Wildman–Crippen LogP) is 10.6. The summed E-state index contributed by atoms with van der Waals surface area (Å²) in [5.41, 5.74) is 3.37. The molecular weight excluding hydrogens is 862 g/mol. The van der Waals surface area contributed by atoms with Crippen molar-refractivity contribution < 1.29 is 38.1 Å². The Labute approximate surface area is 377 Å². The van der Waals surface area contributed by atoms with E-state index in [1.807, 2.05) is 60.7 Å². The highest BCUT2D eigenvalue weighted by Crippen LogP contribution is 2.48. The predicted molar refractivity (Wildman–Crippen MR) is 235 cm³/mol. The van der Waals surface area contributed by atoms with Crippen LogP contribution in [-0.2, 0) is 38.1 Å². The van der Waals surface area contributed by atoms with Gasteiger partial charge in [0.25, 0.3) is 0 Å². The molecule has 0 radical (unpaired) electrons. The molecule has 4 unspecified atom stereocenters. The topological polar surface area (TPSA) is 112 Å². The van der Waals surface area contributed by atoms with E-state index in [-0.39, 0.29) is 69.4 Å². The van der Waals surface area contributed by atoms with Crippen LogP contribution in [0.15, 0.2) is 97.1 Å². The van der Waals surface area contributed by atoms with Crippen molar-refractivity contribution in [2.75, 3.05) is 26.4 Å². The maximum Gasteiger partial charge on any atom is 0.329 e.